The Labute approximate surface area is 145 Å². The molecule has 2 amide bonds. The van der Waals surface area contributed by atoms with Crippen LogP contribution in [0.15, 0.2) is 36.4 Å². The van der Waals surface area contributed by atoms with Crippen molar-refractivity contribution in [2.75, 3.05) is 16.8 Å². The van der Waals surface area contributed by atoms with E-state index in [0.29, 0.717) is 5.69 Å². The summed E-state index contributed by atoms with van der Waals surface area (Å²) in [5, 5.41) is 2.81. The highest BCUT2D eigenvalue weighted by atomic mass is 19.2. The highest BCUT2D eigenvalue weighted by molar-refractivity contribution is 5.95. The predicted octanol–water partition coefficient (Wildman–Crippen LogP) is 3.96. The second-order valence-electron chi connectivity index (χ2n) is 5.81. The van der Waals surface area contributed by atoms with Crippen molar-refractivity contribution in [3.8, 4) is 0 Å². The number of carbonyl (C=O) groups is 2. The van der Waals surface area contributed by atoms with Gasteiger partial charge in [-0.25, -0.2) is 8.78 Å². The second-order valence-corrected chi connectivity index (χ2v) is 5.81. The van der Waals surface area contributed by atoms with Gasteiger partial charge in [0.25, 0.3) is 0 Å². The molecule has 0 spiro atoms. The van der Waals surface area contributed by atoms with Gasteiger partial charge in [-0.1, -0.05) is 12.1 Å². The van der Waals surface area contributed by atoms with Crippen LogP contribution in [0.2, 0.25) is 0 Å². The third-order valence-corrected chi connectivity index (χ3v) is 4.04. The smallest absolute Gasteiger partial charge is 0.226 e. The molecule has 6 heteroatoms. The Bertz CT molecular complexity index is 806. The minimum Gasteiger partial charge on any atom is -0.326 e. The molecule has 0 heterocycles. The average molecular weight is 346 g/mol. The number of anilines is 2. The van der Waals surface area contributed by atoms with Gasteiger partial charge in [0.2, 0.25) is 11.8 Å². The van der Waals surface area contributed by atoms with Crippen molar-refractivity contribution in [3.63, 3.8) is 0 Å². The summed E-state index contributed by atoms with van der Waals surface area (Å²) >= 11 is 0. The minimum absolute atomic E-state index is 0.0337. The molecule has 132 valence electrons. The third kappa shape index (κ3) is 4.62. The van der Waals surface area contributed by atoms with Gasteiger partial charge in [0.05, 0.1) is 0 Å². The highest BCUT2D eigenvalue weighted by Gasteiger charge is 2.16. The molecule has 0 radical (unpaired) electrons. The molecule has 0 fully saturated rings. The first-order chi connectivity index (χ1) is 11.8. The van der Waals surface area contributed by atoms with Gasteiger partial charge >= 0.3 is 0 Å². The Balaban J connectivity index is 2.05. The van der Waals surface area contributed by atoms with Crippen molar-refractivity contribution in [1.29, 1.82) is 0 Å². The lowest BCUT2D eigenvalue weighted by Crippen LogP contribution is -2.32. The lowest BCUT2D eigenvalue weighted by molar-refractivity contribution is -0.117. The van der Waals surface area contributed by atoms with Crippen molar-refractivity contribution in [1.82, 2.24) is 0 Å². The Morgan fingerprint density at radius 2 is 1.80 bits per heavy atom. The lowest BCUT2D eigenvalue weighted by Gasteiger charge is -2.21. The van der Waals surface area contributed by atoms with Gasteiger partial charge in [0, 0.05) is 37.3 Å². The number of halogens is 2. The second kappa shape index (κ2) is 7.88. The molecule has 2 aromatic rings. The third-order valence-electron chi connectivity index (χ3n) is 4.04. The summed E-state index contributed by atoms with van der Waals surface area (Å²) < 4.78 is 26.4. The summed E-state index contributed by atoms with van der Waals surface area (Å²) in [6.07, 6.45) is 0.0337. The minimum atomic E-state index is -1.04. The molecule has 2 rings (SSSR count). The summed E-state index contributed by atoms with van der Waals surface area (Å²) in [7, 11) is 0. The van der Waals surface area contributed by atoms with E-state index in [9.17, 15) is 18.4 Å². The van der Waals surface area contributed by atoms with E-state index in [1.54, 1.807) is 6.07 Å². The number of nitrogens with one attached hydrogen (secondary N) is 1. The van der Waals surface area contributed by atoms with E-state index < -0.39 is 11.6 Å². The van der Waals surface area contributed by atoms with Crippen molar-refractivity contribution >= 4 is 23.2 Å². The number of amides is 2. The molecule has 0 saturated carbocycles. The molecule has 0 unspecified atom stereocenters. The Hall–Kier alpha value is -2.76. The molecule has 0 bridgehead atoms. The van der Waals surface area contributed by atoms with E-state index in [1.807, 2.05) is 26.0 Å². The zero-order chi connectivity index (χ0) is 18.6. The van der Waals surface area contributed by atoms with Crippen molar-refractivity contribution < 1.29 is 18.4 Å². The molecule has 4 nitrogen and oxygen atoms in total. The van der Waals surface area contributed by atoms with Crippen LogP contribution in [-0.4, -0.2) is 18.4 Å². The largest absolute Gasteiger partial charge is 0.326 e. The van der Waals surface area contributed by atoms with Crippen LogP contribution in [0.4, 0.5) is 20.2 Å². The standard InChI is InChI=1S/C19H20F2N2O2/c1-12-5-4-6-18(13(12)2)22-19(25)9-10-23(14(3)24)15-7-8-16(20)17(21)11-15/h4-8,11H,9-10H2,1-3H3,(H,22,25). The summed E-state index contributed by atoms with van der Waals surface area (Å²) in [6.45, 7) is 5.24. The Morgan fingerprint density at radius 3 is 2.44 bits per heavy atom. The van der Waals surface area contributed by atoms with E-state index in [1.165, 1.54) is 17.9 Å². The Kier molecular flexibility index (Phi) is 5.85. The number of rotatable bonds is 5. The molecule has 0 aromatic heterocycles. The van der Waals surface area contributed by atoms with Crippen LogP contribution in [0.25, 0.3) is 0 Å². The molecule has 0 saturated heterocycles. The molecular weight excluding hydrogens is 326 g/mol. The zero-order valence-electron chi connectivity index (χ0n) is 14.4. The van der Waals surface area contributed by atoms with E-state index >= 15 is 0 Å². The van der Waals surface area contributed by atoms with Gasteiger partial charge in [0.1, 0.15) is 0 Å². The number of nitrogens with zero attached hydrogens (tertiary/aromatic N) is 1. The van der Waals surface area contributed by atoms with Crippen LogP contribution in [0.5, 0.6) is 0 Å². The quantitative estimate of drug-likeness (QED) is 0.891. The molecule has 0 aliphatic rings. The van der Waals surface area contributed by atoms with E-state index in [4.69, 9.17) is 0 Å². The molecule has 0 atom stereocenters. The fourth-order valence-electron chi connectivity index (χ4n) is 2.43. The normalized spacial score (nSPS) is 10.4. The summed E-state index contributed by atoms with van der Waals surface area (Å²) in [6, 6.07) is 8.81. The first-order valence-electron chi connectivity index (χ1n) is 7.89. The average Bonchev–Trinajstić information content (AvgIpc) is 2.55. The summed E-state index contributed by atoms with van der Waals surface area (Å²) in [4.78, 5) is 25.2. The summed E-state index contributed by atoms with van der Waals surface area (Å²) in [5.74, 6) is -2.64. The maximum Gasteiger partial charge on any atom is 0.226 e. The molecule has 2 aromatic carbocycles. The predicted molar refractivity (Wildman–Crippen MR) is 93.5 cm³/mol. The SMILES string of the molecule is CC(=O)N(CCC(=O)Nc1cccc(C)c1C)c1ccc(F)c(F)c1. The first-order valence-corrected chi connectivity index (χ1v) is 7.89. The van der Waals surface area contributed by atoms with Crippen molar-refractivity contribution in [2.45, 2.75) is 27.2 Å². The number of aryl methyl sites for hydroxylation is 1. The van der Waals surface area contributed by atoms with Gasteiger partial charge in [0.15, 0.2) is 11.6 Å². The maximum absolute atomic E-state index is 13.4. The van der Waals surface area contributed by atoms with Crippen LogP contribution >= 0.6 is 0 Å². The number of carbonyl (C=O) groups excluding carboxylic acids is 2. The topological polar surface area (TPSA) is 49.4 Å². The maximum atomic E-state index is 13.4. The zero-order valence-corrected chi connectivity index (χ0v) is 14.4. The number of hydrogen-bond donors (Lipinski definition) is 1. The van der Waals surface area contributed by atoms with E-state index in [-0.39, 0.29) is 30.5 Å². The highest BCUT2D eigenvalue weighted by Crippen LogP contribution is 2.20. The van der Waals surface area contributed by atoms with Crippen LogP contribution in [0.3, 0.4) is 0 Å². The van der Waals surface area contributed by atoms with E-state index in [2.05, 4.69) is 5.32 Å². The van der Waals surface area contributed by atoms with Crippen LogP contribution in [0, 0.1) is 25.5 Å². The van der Waals surface area contributed by atoms with Crippen LogP contribution in [0.1, 0.15) is 24.5 Å². The Morgan fingerprint density at radius 1 is 1.08 bits per heavy atom. The molecule has 25 heavy (non-hydrogen) atoms. The molecule has 1 N–H and O–H groups in total. The molecule has 0 aliphatic heterocycles. The van der Waals surface area contributed by atoms with Crippen molar-refractivity contribution in [3.05, 3.63) is 59.2 Å². The van der Waals surface area contributed by atoms with Gasteiger partial charge in [-0.05, 0) is 43.2 Å². The number of hydrogen-bond acceptors (Lipinski definition) is 2. The molecule has 0 aliphatic carbocycles. The number of benzene rings is 2. The molecular formula is C19H20F2N2O2. The summed E-state index contributed by atoms with van der Waals surface area (Å²) in [5.41, 5.74) is 2.96. The van der Waals surface area contributed by atoms with Gasteiger partial charge < -0.3 is 10.2 Å². The fourth-order valence-corrected chi connectivity index (χ4v) is 2.43. The van der Waals surface area contributed by atoms with Crippen LogP contribution in [-0.2, 0) is 9.59 Å². The first kappa shape index (κ1) is 18.6. The lowest BCUT2D eigenvalue weighted by atomic mass is 10.1. The van der Waals surface area contributed by atoms with Gasteiger partial charge in [-0.3, -0.25) is 9.59 Å². The van der Waals surface area contributed by atoms with Crippen molar-refractivity contribution in [2.24, 2.45) is 0 Å². The van der Waals surface area contributed by atoms with Gasteiger partial charge in [-0.15, -0.1) is 0 Å². The van der Waals surface area contributed by atoms with Gasteiger partial charge in [-0.2, -0.15) is 0 Å². The van der Waals surface area contributed by atoms with Crippen LogP contribution < -0.4 is 10.2 Å². The van der Waals surface area contributed by atoms with E-state index in [0.717, 1.165) is 23.3 Å². The monoisotopic (exact) mass is 346 g/mol. The fraction of sp³-hybridized carbons (Fsp3) is 0.263.